The minimum atomic E-state index is -1.76. The van der Waals surface area contributed by atoms with Crippen molar-refractivity contribution in [1.82, 2.24) is 0 Å². The van der Waals surface area contributed by atoms with Gasteiger partial charge >= 0.3 is 11.9 Å². The predicted octanol–water partition coefficient (Wildman–Crippen LogP) is 9.17. The number of hydrogen-bond acceptors (Lipinski definition) is 15. The Morgan fingerprint density at radius 1 is 0.400 bits per heavy atom. The van der Waals surface area contributed by atoms with E-state index in [1.165, 1.54) is 167 Å². The van der Waals surface area contributed by atoms with Crippen molar-refractivity contribution in [2.45, 2.75) is 313 Å². The van der Waals surface area contributed by atoms with E-state index in [1.54, 1.807) is 0 Å². The first-order valence-electron chi connectivity index (χ1n) is 28.6. The Bertz CT molecular complexity index is 1230. The molecule has 414 valence electrons. The molecule has 11 atom stereocenters. The summed E-state index contributed by atoms with van der Waals surface area (Å²) in [5, 5.41) is 72.2. The smallest absolute Gasteiger partial charge is 0.306 e. The number of aliphatic hydroxyl groups is 7. The minimum absolute atomic E-state index is 0.174. The van der Waals surface area contributed by atoms with Crippen LogP contribution in [0.25, 0.3) is 0 Å². The number of carbonyl (C=O) groups is 2. The van der Waals surface area contributed by atoms with Crippen LogP contribution < -0.4 is 0 Å². The fraction of sp³-hybridized carbons (Fsp3) is 0.964. The van der Waals surface area contributed by atoms with Gasteiger partial charge in [-0.15, -0.1) is 0 Å². The molecule has 0 aromatic heterocycles. The largest absolute Gasteiger partial charge is 0.462 e. The van der Waals surface area contributed by atoms with Gasteiger partial charge in [0.25, 0.3) is 0 Å². The van der Waals surface area contributed by atoms with Gasteiger partial charge in [-0.1, -0.05) is 219 Å². The van der Waals surface area contributed by atoms with Gasteiger partial charge in [0.2, 0.25) is 0 Å². The van der Waals surface area contributed by atoms with Gasteiger partial charge in [0.15, 0.2) is 18.7 Å². The van der Waals surface area contributed by atoms with Gasteiger partial charge < -0.3 is 64.2 Å². The van der Waals surface area contributed by atoms with Crippen LogP contribution in [0.5, 0.6) is 0 Å². The van der Waals surface area contributed by atoms with E-state index in [2.05, 4.69) is 13.8 Å². The van der Waals surface area contributed by atoms with Crippen LogP contribution >= 0.6 is 0 Å². The molecule has 0 bridgehead atoms. The van der Waals surface area contributed by atoms with Crippen LogP contribution in [0.3, 0.4) is 0 Å². The molecule has 7 N–H and O–H groups in total. The summed E-state index contributed by atoms with van der Waals surface area (Å²) in [6, 6.07) is 0. The first kappa shape index (κ1) is 64.6. The van der Waals surface area contributed by atoms with E-state index in [0.717, 1.165) is 38.5 Å². The number of unbranched alkanes of at least 4 members (excludes halogenated alkanes) is 32. The van der Waals surface area contributed by atoms with Crippen LogP contribution in [0.15, 0.2) is 0 Å². The summed E-state index contributed by atoms with van der Waals surface area (Å²) in [4.78, 5) is 25.8. The lowest BCUT2D eigenvalue weighted by Gasteiger charge is -2.42. The third-order valence-corrected chi connectivity index (χ3v) is 14.1. The Morgan fingerprint density at radius 3 is 1.11 bits per heavy atom. The first-order chi connectivity index (χ1) is 34.0. The van der Waals surface area contributed by atoms with E-state index >= 15 is 0 Å². The van der Waals surface area contributed by atoms with Crippen molar-refractivity contribution in [1.29, 1.82) is 0 Å². The van der Waals surface area contributed by atoms with E-state index in [0.29, 0.717) is 12.8 Å². The summed E-state index contributed by atoms with van der Waals surface area (Å²) in [6.07, 6.45) is 25.5. The quantitative estimate of drug-likeness (QED) is 0.0223. The molecule has 2 heterocycles. The first-order valence-corrected chi connectivity index (χ1v) is 28.6. The zero-order valence-electron chi connectivity index (χ0n) is 44.0. The molecule has 2 fully saturated rings. The number of aliphatic hydroxyl groups excluding tert-OH is 7. The van der Waals surface area contributed by atoms with Crippen molar-refractivity contribution in [3.8, 4) is 0 Å². The summed E-state index contributed by atoms with van der Waals surface area (Å²) < 4.78 is 33.7. The zero-order chi connectivity index (χ0) is 51.0. The molecule has 0 spiro atoms. The van der Waals surface area contributed by atoms with E-state index in [4.69, 9.17) is 28.4 Å². The second-order valence-corrected chi connectivity index (χ2v) is 20.5. The van der Waals surface area contributed by atoms with Crippen LogP contribution in [-0.4, -0.2) is 142 Å². The average Bonchev–Trinajstić information content (AvgIpc) is 3.35. The maximum atomic E-state index is 13.1. The summed E-state index contributed by atoms with van der Waals surface area (Å²) >= 11 is 0. The molecule has 2 rings (SSSR count). The average molecular weight is 1010 g/mol. The molecule has 2 aliphatic rings. The molecule has 15 heteroatoms. The molecule has 0 aromatic carbocycles. The Hall–Kier alpha value is -1.50. The van der Waals surface area contributed by atoms with Crippen LogP contribution in [0, 0.1) is 0 Å². The number of hydrogen-bond donors (Lipinski definition) is 7. The van der Waals surface area contributed by atoms with Crippen molar-refractivity contribution >= 4 is 11.9 Å². The van der Waals surface area contributed by atoms with Crippen LogP contribution in [-0.2, 0) is 38.0 Å². The van der Waals surface area contributed by atoms with E-state index < -0.39 is 92.7 Å². The van der Waals surface area contributed by atoms with Crippen molar-refractivity contribution < 1.29 is 73.8 Å². The lowest BCUT2D eigenvalue weighted by molar-refractivity contribution is -0.332. The highest BCUT2D eigenvalue weighted by atomic mass is 16.7. The second-order valence-electron chi connectivity index (χ2n) is 20.5. The van der Waals surface area contributed by atoms with Gasteiger partial charge in [-0.3, -0.25) is 9.59 Å². The standard InChI is InChI=1S/C55H104O15/c1-3-5-7-9-11-13-15-17-19-20-21-22-24-26-28-30-32-34-36-38-47(58)68-43(40-65-46(57)37-35-33-31-29-27-25-23-18-16-14-12-10-8-6-4-2)41-66-54-53(64)51(62)49(60)45(70-54)42-67-55-52(63)50(61)48(59)44(39-56)69-55/h43-45,48-56,59-64H,3-42H2,1-2H3. The lowest BCUT2D eigenvalue weighted by Crippen LogP contribution is -2.61. The number of ether oxygens (including phenoxy) is 6. The third-order valence-electron chi connectivity index (χ3n) is 14.1. The van der Waals surface area contributed by atoms with Gasteiger partial charge in [-0.05, 0) is 12.8 Å². The molecule has 2 aliphatic heterocycles. The maximum Gasteiger partial charge on any atom is 0.306 e. The van der Waals surface area contributed by atoms with Crippen molar-refractivity contribution in [2.75, 3.05) is 26.4 Å². The lowest BCUT2D eigenvalue weighted by atomic mass is 9.98. The molecule has 0 saturated carbocycles. The zero-order valence-corrected chi connectivity index (χ0v) is 44.0. The summed E-state index contributed by atoms with van der Waals surface area (Å²) in [7, 11) is 0. The third kappa shape index (κ3) is 30.0. The van der Waals surface area contributed by atoms with E-state index in [-0.39, 0.29) is 26.1 Å². The van der Waals surface area contributed by atoms with E-state index in [1.807, 2.05) is 0 Å². The number of esters is 2. The normalized spacial score (nSPS) is 25.3. The number of carbonyl (C=O) groups excluding carboxylic acids is 2. The van der Waals surface area contributed by atoms with Gasteiger partial charge in [0, 0.05) is 12.8 Å². The highest BCUT2D eigenvalue weighted by molar-refractivity contribution is 5.70. The Morgan fingerprint density at radius 2 is 0.729 bits per heavy atom. The van der Waals surface area contributed by atoms with Crippen molar-refractivity contribution in [3.63, 3.8) is 0 Å². The van der Waals surface area contributed by atoms with Crippen molar-refractivity contribution in [2.24, 2.45) is 0 Å². The molecule has 2 saturated heterocycles. The molecule has 0 amide bonds. The van der Waals surface area contributed by atoms with Crippen LogP contribution in [0.1, 0.15) is 245 Å². The molecule has 11 unspecified atom stereocenters. The Labute approximate surface area is 423 Å². The molecule has 0 aliphatic carbocycles. The molecular weight excluding hydrogens is 901 g/mol. The molecule has 15 nitrogen and oxygen atoms in total. The molecule has 70 heavy (non-hydrogen) atoms. The predicted molar refractivity (Wildman–Crippen MR) is 271 cm³/mol. The molecule has 0 radical (unpaired) electrons. The second kappa shape index (κ2) is 42.8. The van der Waals surface area contributed by atoms with Crippen LogP contribution in [0.2, 0.25) is 0 Å². The van der Waals surface area contributed by atoms with Gasteiger partial charge in [-0.25, -0.2) is 0 Å². The fourth-order valence-corrected chi connectivity index (χ4v) is 9.40. The van der Waals surface area contributed by atoms with Crippen LogP contribution in [0.4, 0.5) is 0 Å². The summed E-state index contributed by atoms with van der Waals surface area (Å²) in [5.41, 5.74) is 0. The van der Waals surface area contributed by atoms with Gasteiger partial charge in [0.1, 0.15) is 55.4 Å². The monoisotopic (exact) mass is 1000 g/mol. The van der Waals surface area contributed by atoms with E-state index in [9.17, 15) is 45.3 Å². The maximum absolute atomic E-state index is 13.1. The molecular formula is C55H104O15. The Balaban J connectivity index is 1.75. The topological polar surface area (TPSA) is 231 Å². The highest BCUT2D eigenvalue weighted by Gasteiger charge is 2.47. The molecule has 0 aromatic rings. The van der Waals surface area contributed by atoms with Gasteiger partial charge in [-0.2, -0.15) is 0 Å². The fourth-order valence-electron chi connectivity index (χ4n) is 9.40. The summed E-state index contributed by atoms with van der Waals surface area (Å²) in [5.74, 6) is -0.905. The highest BCUT2D eigenvalue weighted by Crippen LogP contribution is 2.27. The van der Waals surface area contributed by atoms with Crippen molar-refractivity contribution in [3.05, 3.63) is 0 Å². The summed E-state index contributed by atoms with van der Waals surface area (Å²) in [6.45, 7) is 2.65. The minimum Gasteiger partial charge on any atom is -0.462 e. The Kier molecular flexibility index (Phi) is 39.5. The SMILES string of the molecule is CCCCCCCCCCCCCCCCCCCCCC(=O)OC(COC(=O)CCCCCCCCCCCCCCCCC)COC1OC(COC2OC(CO)C(O)C(O)C2O)C(O)C(O)C1O. The van der Waals surface area contributed by atoms with Gasteiger partial charge in [0.05, 0.1) is 19.8 Å². The number of rotatable bonds is 46.